The average Bonchev–Trinajstić information content (AvgIpc) is 2.42. The molecule has 0 spiro atoms. The molecule has 0 aromatic heterocycles. The van der Waals surface area contributed by atoms with Crippen LogP contribution in [0.4, 0.5) is 14.9 Å². The van der Waals surface area contributed by atoms with E-state index in [1.54, 1.807) is 11.8 Å². The second-order valence-electron chi connectivity index (χ2n) is 5.16. The van der Waals surface area contributed by atoms with Crippen molar-refractivity contribution in [3.8, 4) is 0 Å². The number of aliphatic carboxylic acids is 1. The van der Waals surface area contributed by atoms with Crippen molar-refractivity contribution in [3.05, 3.63) is 29.0 Å². The van der Waals surface area contributed by atoms with Gasteiger partial charge in [-0.3, -0.25) is 4.79 Å². The highest BCUT2D eigenvalue weighted by Gasteiger charge is 2.32. The summed E-state index contributed by atoms with van der Waals surface area (Å²) < 4.78 is 13.3. The normalized spacial score (nSPS) is 22.0. The van der Waals surface area contributed by atoms with Gasteiger partial charge in [0.25, 0.3) is 0 Å². The number of nitrogens with one attached hydrogen (secondary N) is 1. The molecule has 1 aromatic carbocycles. The molecule has 2 rings (SSSR count). The fourth-order valence-corrected chi connectivity index (χ4v) is 2.58. The van der Waals surface area contributed by atoms with Gasteiger partial charge in [-0.15, -0.1) is 0 Å². The van der Waals surface area contributed by atoms with Gasteiger partial charge < -0.3 is 15.3 Å². The molecule has 0 bridgehead atoms. The molecule has 21 heavy (non-hydrogen) atoms. The summed E-state index contributed by atoms with van der Waals surface area (Å²) in [5, 5.41) is 11.6. The van der Waals surface area contributed by atoms with Crippen molar-refractivity contribution in [2.24, 2.45) is 5.92 Å². The Morgan fingerprint density at radius 3 is 2.76 bits per heavy atom. The van der Waals surface area contributed by atoms with E-state index in [0.717, 1.165) is 6.07 Å². The Labute approximate surface area is 126 Å². The van der Waals surface area contributed by atoms with E-state index in [0.29, 0.717) is 25.1 Å². The number of carbonyl (C=O) groups excluding carboxylic acids is 1. The van der Waals surface area contributed by atoms with Gasteiger partial charge in [0.2, 0.25) is 0 Å². The quantitative estimate of drug-likeness (QED) is 0.880. The Balaban J connectivity index is 2.00. The number of carbonyl (C=O) groups is 2. The minimum absolute atomic E-state index is 0.0105. The lowest BCUT2D eigenvalue weighted by Crippen LogP contribution is -2.47. The number of carboxylic acid groups (broad SMARTS) is 1. The molecule has 1 aromatic rings. The molecule has 1 aliphatic heterocycles. The minimum atomic E-state index is -0.832. The van der Waals surface area contributed by atoms with Gasteiger partial charge in [-0.1, -0.05) is 11.6 Å². The van der Waals surface area contributed by atoms with Gasteiger partial charge >= 0.3 is 12.0 Å². The first kappa shape index (κ1) is 15.6. The summed E-state index contributed by atoms with van der Waals surface area (Å²) in [6.45, 7) is 2.16. The zero-order valence-electron chi connectivity index (χ0n) is 11.5. The van der Waals surface area contributed by atoms with Crippen LogP contribution in [0.25, 0.3) is 0 Å². The molecule has 1 aliphatic rings. The number of hydrogen-bond donors (Lipinski definition) is 2. The lowest BCUT2D eigenvalue weighted by Gasteiger charge is -2.36. The molecule has 1 fully saturated rings. The summed E-state index contributed by atoms with van der Waals surface area (Å²) in [5.41, 5.74) is 0.314. The second-order valence-corrected chi connectivity index (χ2v) is 5.57. The van der Waals surface area contributed by atoms with E-state index in [4.69, 9.17) is 16.7 Å². The Bertz CT molecular complexity index is 567. The standard InChI is InChI=1S/C14H16ClFN2O3/c1-8-6-9(13(19)20)4-5-18(8)14(21)17-10-2-3-11(15)12(16)7-10/h2-3,7-9H,4-6H2,1H3,(H,17,21)(H,19,20). The van der Waals surface area contributed by atoms with Crippen LogP contribution in [0.2, 0.25) is 5.02 Å². The topological polar surface area (TPSA) is 69.6 Å². The molecule has 5 nitrogen and oxygen atoms in total. The van der Waals surface area contributed by atoms with E-state index in [-0.39, 0.29) is 17.1 Å². The highest BCUT2D eigenvalue weighted by atomic mass is 35.5. The van der Waals surface area contributed by atoms with Crippen molar-refractivity contribution in [2.45, 2.75) is 25.8 Å². The number of urea groups is 1. The number of amides is 2. The van der Waals surface area contributed by atoms with E-state index < -0.39 is 17.7 Å². The van der Waals surface area contributed by atoms with Gasteiger partial charge in [-0.25, -0.2) is 9.18 Å². The maximum Gasteiger partial charge on any atom is 0.322 e. The molecule has 2 unspecified atom stereocenters. The smallest absolute Gasteiger partial charge is 0.322 e. The van der Waals surface area contributed by atoms with E-state index in [9.17, 15) is 14.0 Å². The van der Waals surface area contributed by atoms with E-state index >= 15 is 0 Å². The van der Waals surface area contributed by atoms with Crippen LogP contribution in [0, 0.1) is 11.7 Å². The van der Waals surface area contributed by atoms with Crippen LogP contribution < -0.4 is 5.32 Å². The number of benzene rings is 1. The number of nitrogens with zero attached hydrogens (tertiary/aromatic N) is 1. The molecule has 114 valence electrons. The number of carboxylic acids is 1. The first-order chi connectivity index (χ1) is 9.88. The third-order valence-corrected chi connectivity index (χ3v) is 3.96. The molecule has 2 amide bonds. The lowest BCUT2D eigenvalue weighted by atomic mass is 9.92. The summed E-state index contributed by atoms with van der Waals surface area (Å²) in [4.78, 5) is 24.7. The van der Waals surface area contributed by atoms with Gasteiger partial charge in [0.05, 0.1) is 10.9 Å². The van der Waals surface area contributed by atoms with Gasteiger partial charge in [0.15, 0.2) is 0 Å². The van der Waals surface area contributed by atoms with Crippen LogP contribution in [0.3, 0.4) is 0 Å². The van der Waals surface area contributed by atoms with Gasteiger partial charge in [0.1, 0.15) is 5.82 Å². The van der Waals surface area contributed by atoms with E-state index in [1.807, 2.05) is 0 Å². The van der Waals surface area contributed by atoms with Gasteiger partial charge in [-0.05, 0) is 38.0 Å². The summed E-state index contributed by atoms with van der Waals surface area (Å²) in [5.74, 6) is -1.86. The minimum Gasteiger partial charge on any atom is -0.481 e. The number of halogens is 2. The molecule has 0 saturated carbocycles. The third-order valence-electron chi connectivity index (χ3n) is 3.66. The van der Waals surface area contributed by atoms with Crippen molar-refractivity contribution >= 4 is 29.3 Å². The predicted octanol–water partition coefficient (Wildman–Crippen LogP) is 3.20. The number of likely N-dealkylation sites (tertiary alicyclic amines) is 1. The Kier molecular flexibility index (Phi) is 4.67. The molecule has 7 heteroatoms. The SMILES string of the molecule is CC1CC(C(=O)O)CCN1C(=O)Nc1ccc(Cl)c(F)c1. The van der Waals surface area contributed by atoms with Crippen LogP contribution in [0.5, 0.6) is 0 Å². The Morgan fingerprint density at radius 1 is 1.48 bits per heavy atom. The summed E-state index contributed by atoms with van der Waals surface area (Å²) in [6, 6.07) is 3.48. The molecule has 2 N–H and O–H groups in total. The van der Waals surface area contributed by atoms with Crippen LogP contribution in [0.1, 0.15) is 19.8 Å². The van der Waals surface area contributed by atoms with Gasteiger partial charge in [0, 0.05) is 18.3 Å². The zero-order chi connectivity index (χ0) is 15.6. The number of rotatable bonds is 2. The van der Waals surface area contributed by atoms with Crippen molar-refractivity contribution in [2.75, 3.05) is 11.9 Å². The third kappa shape index (κ3) is 3.64. The monoisotopic (exact) mass is 314 g/mol. The van der Waals surface area contributed by atoms with Crippen LogP contribution in [-0.4, -0.2) is 34.6 Å². The fraction of sp³-hybridized carbons (Fsp3) is 0.429. The van der Waals surface area contributed by atoms with Crippen molar-refractivity contribution in [1.29, 1.82) is 0 Å². The fourth-order valence-electron chi connectivity index (χ4n) is 2.47. The summed E-state index contributed by atoms with van der Waals surface area (Å²) in [6.07, 6.45) is 0.833. The highest BCUT2D eigenvalue weighted by Crippen LogP contribution is 2.24. The number of hydrogen-bond acceptors (Lipinski definition) is 2. The maximum absolute atomic E-state index is 13.3. The van der Waals surface area contributed by atoms with Crippen LogP contribution >= 0.6 is 11.6 Å². The van der Waals surface area contributed by atoms with Crippen LogP contribution in [-0.2, 0) is 4.79 Å². The maximum atomic E-state index is 13.3. The van der Waals surface area contributed by atoms with Crippen molar-refractivity contribution in [3.63, 3.8) is 0 Å². The average molecular weight is 315 g/mol. The number of piperidine rings is 1. The summed E-state index contributed by atoms with van der Waals surface area (Å²) >= 11 is 5.58. The summed E-state index contributed by atoms with van der Waals surface area (Å²) in [7, 11) is 0. The molecule has 1 saturated heterocycles. The molecule has 0 aliphatic carbocycles. The molecular weight excluding hydrogens is 299 g/mol. The zero-order valence-corrected chi connectivity index (χ0v) is 12.2. The van der Waals surface area contributed by atoms with Crippen molar-refractivity contribution < 1.29 is 19.1 Å². The Hall–Kier alpha value is -1.82. The van der Waals surface area contributed by atoms with Gasteiger partial charge in [-0.2, -0.15) is 0 Å². The lowest BCUT2D eigenvalue weighted by molar-refractivity contribution is -0.143. The molecule has 2 atom stereocenters. The highest BCUT2D eigenvalue weighted by molar-refractivity contribution is 6.30. The first-order valence-electron chi connectivity index (χ1n) is 6.64. The van der Waals surface area contributed by atoms with Crippen LogP contribution in [0.15, 0.2) is 18.2 Å². The first-order valence-corrected chi connectivity index (χ1v) is 7.01. The van der Waals surface area contributed by atoms with E-state index in [1.165, 1.54) is 12.1 Å². The molecule has 1 heterocycles. The van der Waals surface area contributed by atoms with E-state index in [2.05, 4.69) is 5.32 Å². The molecule has 0 radical (unpaired) electrons. The van der Waals surface area contributed by atoms with Crippen molar-refractivity contribution in [1.82, 2.24) is 4.90 Å². The number of anilines is 1. The Morgan fingerprint density at radius 2 is 2.19 bits per heavy atom. The molecular formula is C14H16ClFN2O3. The predicted molar refractivity (Wildman–Crippen MR) is 77.0 cm³/mol. The second kappa shape index (κ2) is 6.30. The largest absolute Gasteiger partial charge is 0.481 e.